The molecule has 9 heteroatoms. The van der Waals surface area contributed by atoms with Crippen molar-refractivity contribution in [2.75, 3.05) is 5.32 Å². The van der Waals surface area contributed by atoms with Crippen LogP contribution >= 0.6 is 27.5 Å². The summed E-state index contributed by atoms with van der Waals surface area (Å²) in [5, 5.41) is 6.93. The predicted molar refractivity (Wildman–Crippen MR) is 116 cm³/mol. The zero-order valence-corrected chi connectivity index (χ0v) is 18.1. The maximum atomic E-state index is 13.8. The summed E-state index contributed by atoms with van der Waals surface area (Å²) in [4.78, 5) is 24.1. The SMILES string of the molecule is CC(=NNC(=O)Cc1c(F)cccc1Cl)c1ccc(NC(=O)c2ccc(Br)o2)cc1. The van der Waals surface area contributed by atoms with E-state index >= 15 is 0 Å². The van der Waals surface area contributed by atoms with Crippen molar-refractivity contribution < 1.29 is 18.4 Å². The lowest BCUT2D eigenvalue weighted by molar-refractivity contribution is -0.120. The molecule has 2 amide bonds. The van der Waals surface area contributed by atoms with E-state index in [1.165, 1.54) is 18.2 Å². The second-order valence-corrected chi connectivity index (χ2v) is 7.43. The highest BCUT2D eigenvalue weighted by Crippen LogP contribution is 2.19. The van der Waals surface area contributed by atoms with Gasteiger partial charge in [-0.15, -0.1) is 0 Å². The topological polar surface area (TPSA) is 83.7 Å². The fraction of sp³-hybridized carbons (Fsp3) is 0.0952. The average Bonchev–Trinajstić information content (AvgIpc) is 3.16. The molecular formula is C21H16BrClFN3O3. The molecule has 0 spiro atoms. The Balaban J connectivity index is 1.59. The normalized spacial score (nSPS) is 11.3. The van der Waals surface area contributed by atoms with Crippen LogP contribution in [0.4, 0.5) is 10.1 Å². The minimum absolute atomic E-state index is 0.119. The molecular weight excluding hydrogens is 477 g/mol. The Hall–Kier alpha value is -2.97. The van der Waals surface area contributed by atoms with E-state index in [0.717, 1.165) is 5.56 Å². The highest BCUT2D eigenvalue weighted by molar-refractivity contribution is 9.10. The Bertz CT molecular complexity index is 1090. The van der Waals surface area contributed by atoms with Crippen molar-refractivity contribution in [1.82, 2.24) is 5.43 Å². The second kappa shape index (κ2) is 9.69. The molecule has 3 rings (SSSR count). The van der Waals surface area contributed by atoms with Gasteiger partial charge in [0.15, 0.2) is 10.4 Å². The third kappa shape index (κ3) is 5.55. The number of hydrogen-bond donors (Lipinski definition) is 2. The van der Waals surface area contributed by atoms with Crippen LogP contribution in [0.15, 0.2) is 68.8 Å². The van der Waals surface area contributed by atoms with E-state index in [4.69, 9.17) is 16.0 Å². The van der Waals surface area contributed by atoms with Crippen LogP contribution in [0.3, 0.4) is 0 Å². The van der Waals surface area contributed by atoms with Gasteiger partial charge >= 0.3 is 0 Å². The summed E-state index contributed by atoms with van der Waals surface area (Å²) >= 11 is 9.08. The van der Waals surface area contributed by atoms with Crippen molar-refractivity contribution in [3.63, 3.8) is 0 Å². The van der Waals surface area contributed by atoms with Gasteiger partial charge in [0.2, 0.25) is 5.91 Å². The van der Waals surface area contributed by atoms with Crippen LogP contribution in [0.25, 0.3) is 0 Å². The number of carbonyl (C=O) groups is 2. The lowest BCUT2D eigenvalue weighted by Gasteiger charge is -2.07. The first-order valence-corrected chi connectivity index (χ1v) is 9.93. The summed E-state index contributed by atoms with van der Waals surface area (Å²) in [5.41, 5.74) is 4.35. The van der Waals surface area contributed by atoms with Crippen molar-refractivity contribution in [2.45, 2.75) is 13.3 Å². The largest absolute Gasteiger partial charge is 0.444 e. The van der Waals surface area contributed by atoms with Crippen LogP contribution in [0.2, 0.25) is 5.02 Å². The molecule has 3 aromatic rings. The van der Waals surface area contributed by atoms with Gasteiger partial charge in [0.25, 0.3) is 5.91 Å². The first-order valence-electron chi connectivity index (χ1n) is 8.76. The number of nitrogens with one attached hydrogen (secondary N) is 2. The number of carbonyl (C=O) groups excluding carboxylic acids is 2. The maximum Gasteiger partial charge on any atom is 0.291 e. The van der Waals surface area contributed by atoms with Gasteiger partial charge in [-0.2, -0.15) is 5.10 Å². The van der Waals surface area contributed by atoms with Crippen molar-refractivity contribution >= 4 is 50.7 Å². The van der Waals surface area contributed by atoms with Gasteiger partial charge in [0, 0.05) is 16.3 Å². The van der Waals surface area contributed by atoms with E-state index in [2.05, 4.69) is 31.8 Å². The molecule has 0 aliphatic carbocycles. The van der Waals surface area contributed by atoms with Crippen molar-refractivity contribution in [1.29, 1.82) is 0 Å². The highest BCUT2D eigenvalue weighted by Gasteiger charge is 2.12. The fourth-order valence-electron chi connectivity index (χ4n) is 2.54. The lowest BCUT2D eigenvalue weighted by atomic mass is 10.1. The number of hydrogen-bond acceptors (Lipinski definition) is 4. The summed E-state index contributed by atoms with van der Waals surface area (Å²) in [7, 11) is 0. The molecule has 0 saturated carbocycles. The molecule has 0 aliphatic heterocycles. The van der Waals surface area contributed by atoms with Gasteiger partial charge < -0.3 is 9.73 Å². The number of nitrogens with zero attached hydrogens (tertiary/aromatic N) is 1. The molecule has 0 saturated heterocycles. The van der Waals surface area contributed by atoms with E-state index in [-0.39, 0.29) is 28.7 Å². The fourth-order valence-corrected chi connectivity index (χ4v) is 3.07. The second-order valence-electron chi connectivity index (χ2n) is 6.24. The zero-order chi connectivity index (χ0) is 21.7. The Labute approximate surface area is 185 Å². The molecule has 0 atom stereocenters. The van der Waals surface area contributed by atoms with Gasteiger partial charge in [0.1, 0.15) is 5.82 Å². The van der Waals surface area contributed by atoms with Crippen molar-refractivity contribution in [2.24, 2.45) is 5.10 Å². The molecule has 0 aliphatic rings. The van der Waals surface area contributed by atoms with Gasteiger partial charge in [-0.1, -0.05) is 29.8 Å². The third-order valence-corrected chi connectivity index (χ3v) is 4.89. The van der Waals surface area contributed by atoms with E-state index in [9.17, 15) is 14.0 Å². The summed E-state index contributed by atoms with van der Waals surface area (Å²) in [5.74, 6) is -1.23. The zero-order valence-electron chi connectivity index (χ0n) is 15.7. The van der Waals surface area contributed by atoms with Gasteiger partial charge in [-0.25, -0.2) is 9.82 Å². The van der Waals surface area contributed by atoms with Gasteiger partial charge in [0.05, 0.1) is 12.1 Å². The monoisotopic (exact) mass is 491 g/mol. The molecule has 154 valence electrons. The predicted octanol–water partition coefficient (Wildman–Crippen LogP) is 5.17. The molecule has 1 heterocycles. The Morgan fingerprint density at radius 3 is 2.50 bits per heavy atom. The number of rotatable bonds is 6. The molecule has 0 fully saturated rings. The van der Waals surface area contributed by atoms with Crippen LogP contribution in [0, 0.1) is 5.82 Å². The molecule has 6 nitrogen and oxygen atoms in total. The Morgan fingerprint density at radius 2 is 1.87 bits per heavy atom. The molecule has 0 unspecified atom stereocenters. The molecule has 0 bridgehead atoms. The maximum absolute atomic E-state index is 13.8. The number of amides is 2. The summed E-state index contributed by atoms with van der Waals surface area (Å²) in [6, 6.07) is 14.3. The average molecular weight is 493 g/mol. The van der Waals surface area contributed by atoms with Gasteiger partial charge in [-0.05, 0) is 64.8 Å². The Morgan fingerprint density at radius 1 is 1.13 bits per heavy atom. The number of benzene rings is 2. The van der Waals surface area contributed by atoms with E-state index in [0.29, 0.717) is 16.1 Å². The van der Waals surface area contributed by atoms with Crippen LogP contribution in [0.1, 0.15) is 28.6 Å². The van der Waals surface area contributed by atoms with E-state index < -0.39 is 11.7 Å². The number of anilines is 1. The first-order chi connectivity index (χ1) is 14.3. The van der Waals surface area contributed by atoms with Crippen LogP contribution < -0.4 is 10.7 Å². The first kappa shape index (κ1) is 21.7. The van der Waals surface area contributed by atoms with Crippen molar-refractivity contribution in [3.8, 4) is 0 Å². The minimum Gasteiger partial charge on any atom is -0.444 e. The number of furan rings is 1. The van der Waals surface area contributed by atoms with Crippen LogP contribution in [0.5, 0.6) is 0 Å². The molecule has 0 radical (unpaired) electrons. The number of hydrazone groups is 1. The molecule has 30 heavy (non-hydrogen) atoms. The molecule has 2 aromatic carbocycles. The van der Waals surface area contributed by atoms with Crippen LogP contribution in [-0.2, 0) is 11.2 Å². The summed E-state index contributed by atoms with van der Waals surface area (Å²) in [6.45, 7) is 1.71. The standard InChI is InChI=1S/C21H16BrClFN3O3/c1-12(26-27-20(28)11-15-16(23)3-2-4-17(15)24)13-5-7-14(8-6-13)25-21(29)18-9-10-19(22)30-18/h2-10H,11H2,1H3,(H,25,29)(H,27,28). The van der Waals surface area contributed by atoms with Crippen LogP contribution in [-0.4, -0.2) is 17.5 Å². The highest BCUT2D eigenvalue weighted by atomic mass is 79.9. The smallest absolute Gasteiger partial charge is 0.291 e. The third-order valence-electron chi connectivity index (χ3n) is 4.10. The molecule has 2 N–H and O–H groups in total. The summed E-state index contributed by atoms with van der Waals surface area (Å²) in [6.07, 6.45) is -0.226. The lowest BCUT2D eigenvalue weighted by Crippen LogP contribution is -2.22. The molecule has 1 aromatic heterocycles. The van der Waals surface area contributed by atoms with E-state index in [1.54, 1.807) is 43.3 Å². The van der Waals surface area contributed by atoms with E-state index in [1.807, 2.05) is 0 Å². The number of halogens is 3. The minimum atomic E-state index is -0.544. The quantitative estimate of drug-likeness (QED) is 0.368. The summed E-state index contributed by atoms with van der Waals surface area (Å²) < 4.78 is 19.4. The van der Waals surface area contributed by atoms with Crippen molar-refractivity contribution in [3.05, 3.63) is 87.0 Å². The Kier molecular flexibility index (Phi) is 7.02. The van der Waals surface area contributed by atoms with Gasteiger partial charge in [-0.3, -0.25) is 9.59 Å².